The van der Waals surface area contributed by atoms with E-state index in [1.807, 2.05) is 31.2 Å². The molecular weight excluding hydrogens is 344 g/mol. The number of fused-ring (bicyclic) bond motifs is 1. The van der Waals surface area contributed by atoms with Gasteiger partial charge in [-0.1, -0.05) is 23.8 Å². The van der Waals surface area contributed by atoms with Gasteiger partial charge >= 0.3 is 0 Å². The fraction of sp³-hybridized carbons (Fsp3) is 0.286. The summed E-state index contributed by atoms with van der Waals surface area (Å²) in [5, 5.41) is 0. The Morgan fingerprint density at radius 1 is 1.07 bits per heavy atom. The van der Waals surface area contributed by atoms with Crippen LogP contribution in [0.4, 0.5) is 0 Å². The van der Waals surface area contributed by atoms with Crippen molar-refractivity contribution in [3.63, 3.8) is 0 Å². The molecule has 0 fully saturated rings. The van der Waals surface area contributed by atoms with E-state index in [2.05, 4.69) is 0 Å². The lowest BCUT2D eigenvalue weighted by atomic mass is 10.1. The molecule has 0 unspecified atom stereocenters. The Kier molecular flexibility index (Phi) is 5.26. The molecule has 1 aliphatic rings. The van der Waals surface area contributed by atoms with Crippen LogP contribution in [0, 0.1) is 6.92 Å². The molecule has 0 spiro atoms. The van der Waals surface area contributed by atoms with E-state index in [9.17, 15) is 14.4 Å². The van der Waals surface area contributed by atoms with Gasteiger partial charge in [-0.3, -0.25) is 19.3 Å². The number of aryl methyl sites for hydroxylation is 1. The average Bonchev–Trinajstić information content (AvgIpc) is 2.89. The number of carbonyl (C=O) groups is 3. The second-order valence-electron chi connectivity index (χ2n) is 6.66. The minimum absolute atomic E-state index is 0.0761. The van der Waals surface area contributed by atoms with Crippen molar-refractivity contribution >= 4 is 17.7 Å². The van der Waals surface area contributed by atoms with Gasteiger partial charge in [-0.25, -0.2) is 0 Å². The largest absolute Gasteiger partial charge is 0.497 e. The minimum atomic E-state index is -0.335. The van der Waals surface area contributed by atoms with Crippen molar-refractivity contribution in [3.05, 3.63) is 64.7 Å². The Hall–Kier alpha value is -3.15. The molecule has 0 saturated heterocycles. The minimum Gasteiger partial charge on any atom is -0.497 e. The van der Waals surface area contributed by atoms with Crippen LogP contribution in [0.3, 0.4) is 0 Å². The predicted octanol–water partition coefficient (Wildman–Crippen LogP) is 2.65. The summed E-state index contributed by atoms with van der Waals surface area (Å²) in [5.41, 5.74) is 2.69. The molecular formula is C21H22N2O4. The SMILES string of the molecule is COc1cccc(CN(C)C(=O)CCN2C(=O)c3ccc(C)cc3C2=O)c1. The van der Waals surface area contributed by atoms with Crippen LogP contribution < -0.4 is 4.74 Å². The normalized spacial score (nSPS) is 12.9. The number of amides is 3. The predicted molar refractivity (Wildman–Crippen MR) is 101 cm³/mol. The van der Waals surface area contributed by atoms with E-state index < -0.39 is 0 Å². The second kappa shape index (κ2) is 7.61. The van der Waals surface area contributed by atoms with Gasteiger partial charge in [0.25, 0.3) is 11.8 Å². The topological polar surface area (TPSA) is 66.9 Å². The summed E-state index contributed by atoms with van der Waals surface area (Å²) in [4.78, 5) is 40.1. The molecule has 140 valence electrons. The maximum absolute atomic E-state index is 12.5. The first-order valence-corrected chi connectivity index (χ1v) is 8.74. The van der Waals surface area contributed by atoms with Gasteiger partial charge in [0.1, 0.15) is 5.75 Å². The van der Waals surface area contributed by atoms with Gasteiger partial charge in [-0.05, 0) is 36.8 Å². The summed E-state index contributed by atoms with van der Waals surface area (Å²) in [6, 6.07) is 12.7. The van der Waals surface area contributed by atoms with Crippen LogP contribution in [0.15, 0.2) is 42.5 Å². The number of ether oxygens (including phenoxy) is 1. The molecule has 2 aromatic carbocycles. The third-order valence-corrected chi connectivity index (χ3v) is 4.66. The quantitative estimate of drug-likeness (QED) is 0.737. The fourth-order valence-electron chi connectivity index (χ4n) is 3.14. The maximum atomic E-state index is 12.5. The molecule has 6 nitrogen and oxygen atoms in total. The Morgan fingerprint density at radius 2 is 1.81 bits per heavy atom. The number of nitrogens with zero attached hydrogens (tertiary/aromatic N) is 2. The number of benzene rings is 2. The maximum Gasteiger partial charge on any atom is 0.261 e. The van der Waals surface area contributed by atoms with E-state index in [0.29, 0.717) is 17.7 Å². The van der Waals surface area contributed by atoms with Gasteiger partial charge in [0.05, 0.1) is 18.2 Å². The smallest absolute Gasteiger partial charge is 0.261 e. The van der Waals surface area contributed by atoms with Crippen LogP contribution >= 0.6 is 0 Å². The molecule has 0 radical (unpaired) electrons. The first kappa shape index (κ1) is 18.6. The summed E-state index contributed by atoms with van der Waals surface area (Å²) in [7, 11) is 3.30. The van der Waals surface area contributed by atoms with Crippen molar-refractivity contribution in [2.75, 3.05) is 20.7 Å². The van der Waals surface area contributed by atoms with Gasteiger partial charge in [0.15, 0.2) is 0 Å². The van der Waals surface area contributed by atoms with E-state index in [0.717, 1.165) is 21.8 Å². The summed E-state index contributed by atoms with van der Waals surface area (Å²) in [5.74, 6) is -0.0691. The summed E-state index contributed by atoms with van der Waals surface area (Å²) < 4.78 is 5.19. The third kappa shape index (κ3) is 3.84. The zero-order valence-electron chi connectivity index (χ0n) is 15.7. The fourth-order valence-corrected chi connectivity index (χ4v) is 3.14. The molecule has 1 aliphatic heterocycles. The number of rotatable bonds is 6. The molecule has 0 atom stereocenters. The Bertz CT molecular complexity index is 907. The summed E-state index contributed by atoms with van der Waals surface area (Å²) in [6.45, 7) is 2.38. The number of methoxy groups -OCH3 is 1. The highest BCUT2D eigenvalue weighted by molar-refractivity contribution is 6.21. The Morgan fingerprint density at radius 3 is 2.56 bits per heavy atom. The molecule has 2 aromatic rings. The molecule has 0 aromatic heterocycles. The summed E-state index contributed by atoms with van der Waals surface area (Å²) >= 11 is 0. The molecule has 1 heterocycles. The lowest BCUT2D eigenvalue weighted by Crippen LogP contribution is -2.35. The number of hydrogen-bond donors (Lipinski definition) is 0. The monoisotopic (exact) mass is 366 g/mol. The van der Waals surface area contributed by atoms with E-state index in [-0.39, 0.29) is 30.7 Å². The van der Waals surface area contributed by atoms with Gasteiger partial charge in [-0.15, -0.1) is 0 Å². The van der Waals surface area contributed by atoms with Crippen LogP contribution in [0.1, 0.15) is 38.3 Å². The molecule has 0 aliphatic carbocycles. The molecule has 27 heavy (non-hydrogen) atoms. The number of carbonyl (C=O) groups excluding carboxylic acids is 3. The van der Waals surface area contributed by atoms with Crippen LogP contribution in [0.25, 0.3) is 0 Å². The highest BCUT2D eigenvalue weighted by Crippen LogP contribution is 2.24. The van der Waals surface area contributed by atoms with Crippen molar-refractivity contribution < 1.29 is 19.1 Å². The molecule has 3 rings (SSSR count). The molecule has 0 bridgehead atoms. The van der Waals surface area contributed by atoms with Crippen LogP contribution in [0.5, 0.6) is 5.75 Å². The van der Waals surface area contributed by atoms with E-state index in [1.54, 1.807) is 37.3 Å². The first-order valence-electron chi connectivity index (χ1n) is 8.74. The second-order valence-corrected chi connectivity index (χ2v) is 6.66. The van der Waals surface area contributed by atoms with Crippen LogP contribution in [-0.4, -0.2) is 48.2 Å². The van der Waals surface area contributed by atoms with Crippen molar-refractivity contribution in [2.24, 2.45) is 0 Å². The van der Waals surface area contributed by atoms with Gasteiger partial charge < -0.3 is 9.64 Å². The van der Waals surface area contributed by atoms with E-state index in [4.69, 9.17) is 4.74 Å². The van der Waals surface area contributed by atoms with Gasteiger partial charge in [0, 0.05) is 26.6 Å². The number of hydrogen-bond acceptors (Lipinski definition) is 4. The standard InChI is InChI=1S/C21H22N2O4/c1-14-7-8-17-18(11-14)21(26)23(20(17)25)10-9-19(24)22(2)13-15-5-4-6-16(12-15)27-3/h4-8,11-12H,9-10,13H2,1-3H3. The molecule has 3 amide bonds. The molecule has 0 N–H and O–H groups in total. The van der Waals surface area contributed by atoms with Crippen molar-refractivity contribution in [1.29, 1.82) is 0 Å². The number of imide groups is 1. The van der Waals surface area contributed by atoms with E-state index >= 15 is 0 Å². The molecule has 0 saturated carbocycles. The zero-order valence-corrected chi connectivity index (χ0v) is 15.7. The van der Waals surface area contributed by atoms with Crippen molar-refractivity contribution in [2.45, 2.75) is 19.9 Å². The lowest BCUT2D eigenvalue weighted by Gasteiger charge is -2.19. The van der Waals surface area contributed by atoms with Crippen molar-refractivity contribution in [1.82, 2.24) is 9.80 Å². The van der Waals surface area contributed by atoms with Gasteiger partial charge in [0.2, 0.25) is 5.91 Å². The Balaban J connectivity index is 1.60. The Labute approximate surface area is 158 Å². The average molecular weight is 366 g/mol. The van der Waals surface area contributed by atoms with Gasteiger partial charge in [-0.2, -0.15) is 0 Å². The lowest BCUT2D eigenvalue weighted by molar-refractivity contribution is -0.130. The zero-order chi connectivity index (χ0) is 19.6. The van der Waals surface area contributed by atoms with Crippen molar-refractivity contribution in [3.8, 4) is 5.75 Å². The highest BCUT2D eigenvalue weighted by Gasteiger charge is 2.35. The summed E-state index contributed by atoms with van der Waals surface area (Å²) in [6.07, 6.45) is 0.0882. The third-order valence-electron chi connectivity index (χ3n) is 4.66. The van der Waals surface area contributed by atoms with E-state index in [1.165, 1.54) is 0 Å². The van der Waals surface area contributed by atoms with Crippen LogP contribution in [0.2, 0.25) is 0 Å². The first-order chi connectivity index (χ1) is 12.9. The molecule has 6 heteroatoms. The van der Waals surface area contributed by atoms with Crippen LogP contribution in [-0.2, 0) is 11.3 Å². The highest BCUT2D eigenvalue weighted by atomic mass is 16.5.